The van der Waals surface area contributed by atoms with Crippen LogP contribution in [0.4, 0.5) is 0 Å². The molecule has 7 aliphatic heterocycles. The van der Waals surface area contributed by atoms with Crippen molar-refractivity contribution >= 4 is 36.0 Å². The third-order valence-electron chi connectivity index (χ3n) is 17.5. The lowest BCUT2D eigenvalue weighted by molar-refractivity contribution is -0.223. The minimum Gasteiger partial charge on any atom is -0.394 e. The Balaban J connectivity index is 0.000000175. The lowest BCUT2D eigenvalue weighted by Gasteiger charge is -2.57. The second-order valence-corrected chi connectivity index (χ2v) is 24.3. The number of carbonyl (C=O) groups excluding carboxylic acids is 4. The van der Waals surface area contributed by atoms with Gasteiger partial charge >= 0.3 is 0 Å². The summed E-state index contributed by atoms with van der Waals surface area (Å²) in [4.78, 5) is 63.0. The summed E-state index contributed by atoms with van der Waals surface area (Å²) in [5.41, 5.74) is 25.2. The van der Waals surface area contributed by atoms with Crippen LogP contribution in [0.25, 0.3) is 20.9 Å². The minimum atomic E-state index is -1.18. The van der Waals surface area contributed by atoms with Crippen LogP contribution in [0.3, 0.4) is 0 Å². The number of fused-ring (bicyclic) bond motifs is 3. The molecule has 13 rings (SSSR count). The number of azide groups is 2. The first-order chi connectivity index (χ1) is 44.9. The average molecular weight is 1300 g/mol. The molecule has 0 spiro atoms. The van der Waals surface area contributed by atoms with Crippen molar-refractivity contribution in [3.8, 4) is 23.7 Å². The lowest BCUT2D eigenvalue weighted by Crippen LogP contribution is -2.68. The summed E-state index contributed by atoms with van der Waals surface area (Å²) in [6, 6.07) is 48.0. The van der Waals surface area contributed by atoms with E-state index in [0.717, 1.165) is 33.4 Å². The fourth-order valence-electron chi connectivity index (χ4n) is 13.2. The quantitative estimate of drug-likeness (QED) is 0.0219. The predicted octanol–water partition coefficient (Wildman–Crippen LogP) is 7.46. The number of halogens is 1. The number of nitrogens with zero attached hydrogens (tertiary/aromatic N) is 9. The zero-order valence-electron chi connectivity index (χ0n) is 51.9. The molecule has 486 valence electrons. The van der Waals surface area contributed by atoms with E-state index in [1.165, 1.54) is 9.80 Å². The number of imide groups is 2. The van der Waals surface area contributed by atoms with Gasteiger partial charge in [0, 0.05) is 101 Å². The highest BCUT2D eigenvalue weighted by atomic mass is 35.5. The lowest BCUT2D eigenvalue weighted by atomic mass is 9.74. The Kier molecular flexibility index (Phi) is 21.5. The normalized spacial score (nSPS) is 26.6. The third-order valence-corrected chi connectivity index (χ3v) is 17.5. The first kappa shape index (κ1) is 68.1. The van der Waals surface area contributed by atoms with Gasteiger partial charge in [-0.3, -0.25) is 33.9 Å². The molecule has 1 unspecified atom stereocenters. The molecule has 7 heterocycles. The molecule has 4 amide bonds. The van der Waals surface area contributed by atoms with Crippen LogP contribution in [0, 0.1) is 23.7 Å². The maximum atomic E-state index is 13.4. The Bertz CT molecular complexity index is 3890. The van der Waals surface area contributed by atoms with Gasteiger partial charge in [-0.05, 0) is 123 Å². The summed E-state index contributed by atoms with van der Waals surface area (Å²) in [5.74, 6) is 9.46. The summed E-state index contributed by atoms with van der Waals surface area (Å²) >= 11 is 0. The van der Waals surface area contributed by atoms with E-state index >= 15 is 0 Å². The molecule has 0 aliphatic carbocycles. The molecule has 23 nitrogen and oxygen atoms in total. The largest absolute Gasteiger partial charge is 0.394 e. The molecular weight excluding hydrogens is 1220 g/mol. The third kappa shape index (κ3) is 14.8. The predicted molar refractivity (Wildman–Crippen MR) is 346 cm³/mol. The van der Waals surface area contributed by atoms with Gasteiger partial charge in [0.2, 0.25) is 0 Å². The van der Waals surface area contributed by atoms with E-state index in [9.17, 15) is 40.0 Å². The molecule has 5 N–H and O–H groups in total. The van der Waals surface area contributed by atoms with Crippen LogP contribution >= 0.6 is 12.4 Å². The monoisotopic (exact) mass is 1290 g/mol. The summed E-state index contributed by atoms with van der Waals surface area (Å²) in [5, 5.41) is 49.6. The Morgan fingerprint density at radius 2 is 0.968 bits per heavy atom. The molecule has 6 aromatic carbocycles. The van der Waals surface area contributed by atoms with E-state index in [0.29, 0.717) is 22.3 Å². The van der Waals surface area contributed by atoms with Crippen LogP contribution in [-0.2, 0) is 23.7 Å². The number of benzene rings is 6. The van der Waals surface area contributed by atoms with E-state index in [1.54, 1.807) is 76.2 Å². The molecule has 0 saturated carbocycles. The minimum absolute atomic E-state index is 0. The number of ether oxygens (including phenoxy) is 5. The van der Waals surface area contributed by atoms with E-state index in [1.807, 2.05) is 109 Å². The number of aliphatic hydroxyl groups is 4. The number of aliphatic hydroxyl groups excluding tert-OH is 4. The molecule has 94 heavy (non-hydrogen) atoms. The fourth-order valence-corrected chi connectivity index (χ4v) is 13.2. The van der Waals surface area contributed by atoms with E-state index in [-0.39, 0.29) is 117 Å². The number of carbonyl (C=O) groups is 4. The van der Waals surface area contributed by atoms with Crippen molar-refractivity contribution in [3.05, 3.63) is 234 Å². The van der Waals surface area contributed by atoms with Crippen LogP contribution in [0.5, 0.6) is 0 Å². The Morgan fingerprint density at radius 3 is 1.45 bits per heavy atom. The molecule has 5 fully saturated rings. The van der Waals surface area contributed by atoms with Gasteiger partial charge in [0.15, 0.2) is 17.9 Å². The first-order valence-corrected chi connectivity index (χ1v) is 30.6. The number of likely N-dealkylation sites (tertiary alicyclic amines) is 1. The number of hydrogen-bond acceptors (Lipinski definition) is 17. The van der Waals surface area contributed by atoms with Gasteiger partial charge in [0.1, 0.15) is 36.6 Å². The topological polar surface area (TPSA) is 315 Å². The molecule has 0 aromatic heterocycles. The van der Waals surface area contributed by atoms with Gasteiger partial charge in [-0.2, -0.15) is 0 Å². The fraction of sp³-hybridized carbons (Fsp3) is 0.371. The van der Waals surface area contributed by atoms with Crippen molar-refractivity contribution in [3.63, 3.8) is 0 Å². The van der Waals surface area contributed by atoms with Gasteiger partial charge in [-0.25, -0.2) is 0 Å². The summed E-state index contributed by atoms with van der Waals surface area (Å²) in [7, 11) is 0. The molecule has 5 saturated heterocycles. The highest BCUT2D eigenvalue weighted by Gasteiger charge is 2.56. The van der Waals surface area contributed by atoms with Gasteiger partial charge in [-0.1, -0.05) is 119 Å². The number of hydrogen-bond donors (Lipinski definition) is 5. The van der Waals surface area contributed by atoms with Crippen LogP contribution in [0.1, 0.15) is 114 Å². The number of amides is 4. The van der Waals surface area contributed by atoms with Crippen molar-refractivity contribution in [2.24, 2.45) is 10.2 Å². The van der Waals surface area contributed by atoms with Gasteiger partial charge in [0.25, 0.3) is 23.6 Å². The van der Waals surface area contributed by atoms with Crippen LogP contribution in [-0.4, -0.2) is 183 Å². The standard InChI is InChI=1S/C35H35N5O6.C27H21N5O2.C8H14O5.ClH/c1-35(2)45-30(32(46-35)29(42)21-41)20-39-27(18-37-38-36)31(24-16-14-23(15-17-24)13-12-22-8-4-3-5-9-22)28(39)19-40-33(43)25-10-6-7-11-26(25)34(40)44;28-31-29-16-23-25(20-14-12-19(13-15-20)11-10-18-6-2-1-3-7-18)24(30-23)17-32-26(33)21-8-4-5-9-22(21)27(32)34;1-8(2)12-5-4(3-9)11-7(10)6(5)13-8;/h3-11,14-17,27-32,41-42H,18-21H2,1-2H3;1-9,12-15,23-25,30H,16-17H2;4-7,9-10H,3H2,1-2H3;1H/t27-,28+,29+,30-,31+,32+;23-,24+,25+;4-,5-,6-,7?;/m001./s1. The van der Waals surface area contributed by atoms with Crippen molar-refractivity contribution in [2.75, 3.05) is 45.9 Å². The van der Waals surface area contributed by atoms with Crippen LogP contribution in [0.15, 0.2) is 168 Å². The second-order valence-electron chi connectivity index (χ2n) is 24.3. The Hall–Kier alpha value is -8.81. The van der Waals surface area contributed by atoms with E-state index < -0.39 is 55.0 Å². The summed E-state index contributed by atoms with van der Waals surface area (Å²) in [6.45, 7) is 7.32. The zero-order valence-corrected chi connectivity index (χ0v) is 52.7. The van der Waals surface area contributed by atoms with E-state index in [4.69, 9.17) is 34.3 Å². The summed E-state index contributed by atoms with van der Waals surface area (Å²) < 4.78 is 28.0. The van der Waals surface area contributed by atoms with Crippen LogP contribution < -0.4 is 5.32 Å². The highest BCUT2D eigenvalue weighted by molar-refractivity contribution is 6.22. The molecular formula is C70H71ClN10O13. The van der Waals surface area contributed by atoms with Crippen molar-refractivity contribution in [1.82, 2.24) is 20.0 Å². The molecule has 7 aliphatic rings. The molecule has 0 bridgehead atoms. The highest BCUT2D eigenvalue weighted by Crippen LogP contribution is 2.45. The zero-order chi connectivity index (χ0) is 65.6. The smallest absolute Gasteiger partial charge is 0.261 e. The second kappa shape index (κ2) is 29.6. The number of nitrogens with one attached hydrogen (secondary N) is 1. The molecule has 24 heteroatoms. The van der Waals surface area contributed by atoms with Gasteiger partial charge < -0.3 is 49.4 Å². The number of rotatable bonds is 15. The maximum absolute atomic E-state index is 13.4. The van der Waals surface area contributed by atoms with Crippen LogP contribution in [0.2, 0.25) is 0 Å². The molecule has 13 atom stereocenters. The molecule has 0 radical (unpaired) electrons. The first-order valence-electron chi connectivity index (χ1n) is 30.6. The van der Waals surface area contributed by atoms with Gasteiger partial charge in [0.05, 0.1) is 35.5 Å². The SMILES string of the molecule is CC1(C)O[C@@H]2[C@@H](CO)OC(O)[C@@H]2O1.CC1(C)O[C@H]([C@H](O)CO)[C@H](CN2[C@H](CN3C(=O)c4ccccc4C3=O)[C@H](c3ccc(C#Cc4ccccc4)cc3)[C@@H]2CN=[N+]=[N-])O1.Cl.[N-]=[N+]=NC[C@@H]1N[C@H](CN2C(=O)c3ccccc3C2=O)[C@@H]1c1ccc(C#Cc2ccccc2)cc1. The van der Waals surface area contributed by atoms with Crippen molar-refractivity contribution in [1.29, 1.82) is 0 Å². The molecule has 6 aromatic rings. The Morgan fingerprint density at radius 1 is 0.532 bits per heavy atom. The van der Waals surface area contributed by atoms with E-state index in [2.05, 4.69) is 54.0 Å². The van der Waals surface area contributed by atoms with Gasteiger partial charge in [-0.15, -0.1) is 12.4 Å². The Labute approximate surface area is 549 Å². The average Bonchev–Trinajstić information content (AvgIpc) is 1.07. The maximum Gasteiger partial charge on any atom is 0.261 e. The summed E-state index contributed by atoms with van der Waals surface area (Å²) in [6.07, 6.45) is -4.97. The van der Waals surface area contributed by atoms with Crippen molar-refractivity contribution < 1.29 is 63.3 Å². The van der Waals surface area contributed by atoms with Crippen molar-refractivity contribution in [2.45, 2.75) is 118 Å².